The van der Waals surface area contributed by atoms with Gasteiger partial charge in [-0.05, 0) is 42.5 Å². The topological polar surface area (TPSA) is 115 Å². The van der Waals surface area contributed by atoms with Gasteiger partial charge in [-0.1, -0.05) is 12.1 Å². The molecule has 2 aromatic heterocycles. The van der Waals surface area contributed by atoms with Crippen LogP contribution in [0.2, 0.25) is 0 Å². The van der Waals surface area contributed by atoms with Crippen LogP contribution in [0, 0.1) is 17.1 Å². The van der Waals surface area contributed by atoms with Gasteiger partial charge in [0.2, 0.25) is 5.88 Å². The number of fused-ring (bicyclic) bond motifs is 1. The molecule has 174 valence electrons. The number of ether oxygens (including phenoxy) is 1. The maximum Gasteiger partial charge on any atom is 0.272 e. The molecule has 0 radical (unpaired) electrons. The van der Waals surface area contributed by atoms with E-state index in [0.717, 1.165) is 5.82 Å². The van der Waals surface area contributed by atoms with Crippen molar-refractivity contribution in [3.8, 4) is 17.7 Å². The number of benzene rings is 2. The molecule has 1 fully saturated rings. The van der Waals surface area contributed by atoms with Crippen molar-refractivity contribution < 1.29 is 13.9 Å². The number of carbonyl (C=O) groups excluding carboxylic acids is 1. The van der Waals surface area contributed by atoms with Crippen LogP contribution in [-0.4, -0.2) is 52.2 Å². The minimum Gasteiger partial charge on any atom is -0.437 e. The second kappa shape index (κ2) is 9.23. The van der Waals surface area contributed by atoms with Crippen molar-refractivity contribution >= 4 is 22.5 Å². The fraction of sp³-hybridized carbons (Fsp3) is 0.160. The van der Waals surface area contributed by atoms with Crippen molar-refractivity contribution in [2.75, 3.05) is 31.1 Å². The number of nitriles is 1. The van der Waals surface area contributed by atoms with Gasteiger partial charge in [-0.2, -0.15) is 5.26 Å². The van der Waals surface area contributed by atoms with E-state index in [4.69, 9.17) is 10.00 Å². The van der Waals surface area contributed by atoms with Crippen LogP contribution in [-0.2, 0) is 0 Å². The third-order valence-electron chi connectivity index (χ3n) is 5.81. The predicted octanol–water partition coefficient (Wildman–Crippen LogP) is 3.08. The van der Waals surface area contributed by atoms with E-state index in [1.807, 2.05) is 11.0 Å². The lowest BCUT2D eigenvalue weighted by Gasteiger charge is -2.35. The largest absolute Gasteiger partial charge is 0.437 e. The second-order valence-electron chi connectivity index (χ2n) is 7.94. The summed E-state index contributed by atoms with van der Waals surface area (Å²) in [5.74, 6) is -0.00980. The first-order valence-corrected chi connectivity index (χ1v) is 10.9. The van der Waals surface area contributed by atoms with Gasteiger partial charge in [-0.15, -0.1) is 5.10 Å². The third-order valence-corrected chi connectivity index (χ3v) is 5.81. The number of nitrogens with one attached hydrogen (secondary N) is 1. The fourth-order valence-corrected chi connectivity index (χ4v) is 3.96. The first kappa shape index (κ1) is 22.0. The summed E-state index contributed by atoms with van der Waals surface area (Å²) in [5.41, 5.74) is 0.0182. The van der Waals surface area contributed by atoms with Crippen molar-refractivity contribution in [1.82, 2.24) is 20.1 Å². The summed E-state index contributed by atoms with van der Waals surface area (Å²) in [4.78, 5) is 33.0. The van der Waals surface area contributed by atoms with Gasteiger partial charge < -0.3 is 14.5 Å². The number of aromatic amines is 1. The van der Waals surface area contributed by atoms with Crippen molar-refractivity contribution in [3.05, 3.63) is 88.1 Å². The second-order valence-corrected chi connectivity index (χ2v) is 7.94. The number of rotatable bonds is 4. The maximum absolute atomic E-state index is 14.6. The monoisotopic (exact) mass is 470 g/mol. The van der Waals surface area contributed by atoms with E-state index in [1.54, 1.807) is 41.3 Å². The molecule has 35 heavy (non-hydrogen) atoms. The quantitative estimate of drug-likeness (QED) is 0.487. The highest BCUT2D eigenvalue weighted by molar-refractivity contribution is 5.95. The predicted molar refractivity (Wildman–Crippen MR) is 126 cm³/mol. The molecular formula is C25H19FN6O3. The standard InChI is InChI=1S/C25H19FN6O3/c26-21-7-6-17(35-24-19-4-2-1-3-18(19)23(33)29-30-24)13-20(21)25(34)32-11-9-31(10-12-32)22-8-5-16(14-27)15-28-22/h1-8,13,15H,9-12H2,(H,29,33). The Kier molecular flexibility index (Phi) is 5.81. The van der Waals surface area contributed by atoms with E-state index in [2.05, 4.69) is 15.2 Å². The lowest BCUT2D eigenvalue weighted by molar-refractivity contribution is 0.0741. The Labute approximate surface area is 199 Å². The summed E-state index contributed by atoms with van der Waals surface area (Å²) in [5, 5.41) is 16.2. The molecule has 10 heteroatoms. The number of hydrogen-bond donors (Lipinski definition) is 1. The third kappa shape index (κ3) is 4.39. The van der Waals surface area contributed by atoms with E-state index in [9.17, 15) is 14.0 Å². The van der Waals surface area contributed by atoms with Gasteiger partial charge in [0.25, 0.3) is 11.5 Å². The Hall–Kier alpha value is -4.78. The van der Waals surface area contributed by atoms with Crippen LogP contribution in [0.25, 0.3) is 10.8 Å². The van der Waals surface area contributed by atoms with Crippen LogP contribution in [0.4, 0.5) is 10.2 Å². The zero-order chi connectivity index (χ0) is 24.4. The molecule has 1 saturated heterocycles. The highest BCUT2D eigenvalue weighted by atomic mass is 19.1. The van der Waals surface area contributed by atoms with E-state index in [-0.39, 0.29) is 22.8 Å². The molecule has 0 bridgehead atoms. The summed E-state index contributed by atoms with van der Waals surface area (Å²) >= 11 is 0. The normalized spacial score (nSPS) is 13.5. The number of piperazine rings is 1. The summed E-state index contributed by atoms with van der Waals surface area (Å²) in [7, 11) is 0. The molecule has 1 aliphatic heterocycles. The van der Waals surface area contributed by atoms with Gasteiger partial charge in [0.1, 0.15) is 23.5 Å². The molecule has 3 heterocycles. The molecule has 1 amide bonds. The number of H-pyrrole nitrogens is 1. The summed E-state index contributed by atoms with van der Waals surface area (Å²) in [6, 6.07) is 16.2. The first-order valence-electron chi connectivity index (χ1n) is 10.9. The van der Waals surface area contributed by atoms with Gasteiger partial charge in [-0.3, -0.25) is 9.59 Å². The number of carbonyl (C=O) groups is 1. The number of amides is 1. The van der Waals surface area contributed by atoms with Gasteiger partial charge in [-0.25, -0.2) is 14.5 Å². The van der Waals surface area contributed by atoms with Crippen LogP contribution in [0.15, 0.2) is 65.6 Å². The number of anilines is 1. The molecule has 4 aromatic rings. The number of nitrogens with zero attached hydrogens (tertiary/aromatic N) is 5. The number of aromatic nitrogens is 3. The Balaban J connectivity index is 1.32. The molecule has 0 atom stereocenters. The lowest BCUT2D eigenvalue weighted by Crippen LogP contribution is -2.49. The summed E-state index contributed by atoms with van der Waals surface area (Å²) in [6.45, 7) is 1.82. The molecule has 0 aliphatic carbocycles. The SMILES string of the molecule is N#Cc1ccc(N2CCN(C(=O)c3cc(Oc4n[nH]c(=O)c5ccccc45)ccc3F)CC2)nc1. The van der Waals surface area contributed by atoms with E-state index in [1.165, 1.54) is 24.4 Å². The molecule has 1 N–H and O–H groups in total. The lowest BCUT2D eigenvalue weighted by atomic mass is 10.1. The van der Waals surface area contributed by atoms with Crippen LogP contribution in [0.5, 0.6) is 11.6 Å². The molecule has 0 spiro atoms. The number of hydrogen-bond acceptors (Lipinski definition) is 7. The highest BCUT2D eigenvalue weighted by Gasteiger charge is 2.25. The molecule has 5 rings (SSSR count). The van der Waals surface area contributed by atoms with Crippen LogP contribution >= 0.6 is 0 Å². The zero-order valence-corrected chi connectivity index (χ0v) is 18.4. The van der Waals surface area contributed by atoms with Gasteiger partial charge >= 0.3 is 0 Å². The average molecular weight is 470 g/mol. The summed E-state index contributed by atoms with van der Waals surface area (Å²) < 4.78 is 20.4. The average Bonchev–Trinajstić information content (AvgIpc) is 2.91. The van der Waals surface area contributed by atoms with Gasteiger partial charge in [0.05, 0.1) is 21.9 Å². The molecule has 9 nitrogen and oxygen atoms in total. The summed E-state index contributed by atoms with van der Waals surface area (Å²) in [6.07, 6.45) is 1.51. The molecular weight excluding hydrogens is 451 g/mol. The molecule has 1 aliphatic rings. The number of halogens is 1. The Morgan fingerprint density at radius 2 is 1.83 bits per heavy atom. The Morgan fingerprint density at radius 1 is 1.06 bits per heavy atom. The van der Waals surface area contributed by atoms with Crippen molar-refractivity contribution in [3.63, 3.8) is 0 Å². The Bertz CT molecular complexity index is 1500. The smallest absolute Gasteiger partial charge is 0.272 e. The molecule has 2 aromatic carbocycles. The molecule has 0 saturated carbocycles. The highest BCUT2D eigenvalue weighted by Crippen LogP contribution is 2.27. The van der Waals surface area contributed by atoms with Crippen LogP contribution in [0.1, 0.15) is 15.9 Å². The minimum atomic E-state index is -0.655. The van der Waals surface area contributed by atoms with Crippen molar-refractivity contribution in [1.29, 1.82) is 5.26 Å². The number of pyridine rings is 1. The van der Waals surface area contributed by atoms with Crippen molar-refractivity contribution in [2.24, 2.45) is 0 Å². The first-order chi connectivity index (χ1) is 17.0. The van der Waals surface area contributed by atoms with Gasteiger partial charge in [0.15, 0.2) is 0 Å². The van der Waals surface area contributed by atoms with E-state index in [0.29, 0.717) is 42.5 Å². The van der Waals surface area contributed by atoms with Gasteiger partial charge in [0, 0.05) is 32.4 Å². The van der Waals surface area contributed by atoms with Crippen molar-refractivity contribution in [2.45, 2.75) is 0 Å². The minimum absolute atomic E-state index is 0.110. The van der Waals surface area contributed by atoms with E-state index < -0.39 is 11.7 Å². The maximum atomic E-state index is 14.6. The van der Waals surface area contributed by atoms with E-state index >= 15 is 0 Å². The molecule has 0 unspecified atom stereocenters. The van der Waals surface area contributed by atoms with Crippen LogP contribution in [0.3, 0.4) is 0 Å². The van der Waals surface area contributed by atoms with Crippen LogP contribution < -0.4 is 15.2 Å². The Morgan fingerprint density at radius 3 is 2.54 bits per heavy atom. The fourth-order valence-electron chi connectivity index (χ4n) is 3.96. The zero-order valence-electron chi connectivity index (χ0n) is 18.4.